The fraction of sp³-hybridized carbons (Fsp3) is 0.429. The number of ether oxygens (including phenoxy) is 1. The molecule has 8 nitrogen and oxygen atoms in total. The van der Waals surface area contributed by atoms with Crippen LogP contribution in [-0.4, -0.2) is 50.3 Å². The molecule has 1 amide bonds. The number of hydrogen-bond acceptors (Lipinski definition) is 6. The van der Waals surface area contributed by atoms with Gasteiger partial charge in [0.2, 0.25) is 5.76 Å². The molecule has 8 heteroatoms. The number of rotatable bonds is 3. The zero-order valence-electron chi connectivity index (χ0n) is 16.4. The van der Waals surface area contributed by atoms with Crippen LogP contribution >= 0.6 is 0 Å². The Balaban J connectivity index is 1.41. The highest BCUT2D eigenvalue weighted by molar-refractivity contribution is 5.92. The van der Waals surface area contributed by atoms with E-state index in [1.165, 1.54) is 17.7 Å². The van der Waals surface area contributed by atoms with E-state index in [4.69, 9.17) is 14.3 Å². The summed E-state index contributed by atoms with van der Waals surface area (Å²) in [6, 6.07) is 5.86. The number of carbonyl (C=O) groups is 1. The summed E-state index contributed by atoms with van der Waals surface area (Å²) in [4.78, 5) is 23.1. The van der Waals surface area contributed by atoms with Gasteiger partial charge in [0.05, 0.1) is 30.3 Å². The van der Waals surface area contributed by atoms with E-state index < -0.39 is 0 Å². The molecule has 5 rings (SSSR count). The maximum atomic E-state index is 12.7. The van der Waals surface area contributed by atoms with E-state index in [0.717, 1.165) is 30.8 Å². The number of pyridine rings is 1. The van der Waals surface area contributed by atoms with Crippen molar-refractivity contribution in [3.63, 3.8) is 0 Å². The van der Waals surface area contributed by atoms with Gasteiger partial charge in [-0.3, -0.25) is 4.79 Å². The predicted octanol–water partition coefficient (Wildman–Crippen LogP) is 2.66. The lowest BCUT2D eigenvalue weighted by atomic mass is 9.89. The highest BCUT2D eigenvalue weighted by Crippen LogP contribution is 2.35. The highest BCUT2D eigenvalue weighted by atomic mass is 16.5. The van der Waals surface area contributed by atoms with Gasteiger partial charge in [0.15, 0.2) is 12.2 Å². The lowest BCUT2D eigenvalue weighted by Crippen LogP contribution is -2.38. The summed E-state index contributed by atoms with van der Waals surface area (Å²) < 4.78 is 13.0. The molecule has 2 aliphatic heterocycles. The zero-order valence-corrected chi connectivity index (χ0v) is 16.4. The van der Waals surface area contributed by atoms with Crippen LogP contribution in [0.4, 0.5) is 0 Å². The van der Waals surface area contributed by atoms with Gasteiger partial charge in [-0.25, -0.2) is 14.6 Å². The van der Waals surface area contributed by atoms with Crippen molar-refractivity contribution in [2.45, 2.75) is 38.7 Å². The van der Waals surface area contributed by atoms with Gasteiger partial charge in [0.1, 0.15) is 0 Å². The Hall–Kier alpha value is -3.00. The van der Waals surface area contributed by atoms with Crippen LogP contribution in [0.3, 0.4) is 0 Å². The number of aromatic nitrogens is 4. The van der Waals surface area contributed by atoms with Gasteiger partial charge in [-0.2, -0.15) is 5.10 Å². The Morgan fingerprint density at radius 2 is 2.07 bits per heavy atom. The standard InChI is InChI=1S/C21H23N5O3/c1-14-20(29-13-23-14)21(27)25-9-5-15(6-10-25)19-16-12-28-11-7-17(16)24-26(19)18-4-2-3-8-22-18/h2-4,8,13,15H,5-7,9-12H2,1H3. The maximum Gasteiger partial charge on any atom is 0.291 e. The summed E-state index contributed by atoms with van der Waals surface area (Å²) in [6.45, 7) is 4.43. The third-order valence-corrected chi connectivity index (χ3v) is 5.81. The topological polar surface area (TPSA) is 86.3 Å². The smallest absolute Gasteiger partial charge is 0.291 e. The molecule has 0 spiro atoms. The van der Waals surface area contributed by atoms with Crippen molar-refractivity contribution in [1.29, 1.82) is 0 Å². The van der Waals surface area contributed by atoms with Crippen molar-refractivity contribution in [2.24, 2.45) is 0 Å². The van der Waals surface area contributed by atoms with Crippen LogP contribution in [0.5, 0.6) is 0 Å². The molecule has 0 unspecified atom stereocenters. The van der Waals surface area contributed by atoms with Crippen LogP contribution in [0.2, 0.25) is 0 Å². The molecule has 0 aliphatic carbocycles. The van der Waals surface area contributed by atoms with Gasteiger partial charge >= 0.3 is 0 Å². The Bertz CT molecular complexity index is 1020. The number of hydrogen-bond donors (Lipinski definition) is 0. The van der Waals surface area contributed by atoms with Crippen LogP contribution in [0.15, 0.2) is 35.2 Å². The Morgan fingerprint density at radius 1 is 1.21 bits per heavy atom. The summed E-state index contributed by atoms with van der Waals surface area (Å²) in [5.41, 5.74) is 4.11. The zero-order chi connectivity index (χ0) is 19.8. The summed E-state index contributed by atoms with van der Waals surface area (Å²) in [7, 11) is 0. The summed E-state index contributed by atoms with van der Waals surface area (Å²) >= 11 is 0. The van der Waals surface area contributed by atoms with Gasteiger partial charge in [0.25, 0.3) is 5.91 Å². The summed E-state index contributed by atoms with van der Waals surface area (Å²) in [6.07, 6.45) is 5.67. The number of aryl methyl sites for hydroxylation is 1. The molecule has 5 heterocycles. The van der Waals surface area contributed by atoms with Gasteiger partial charge < -0.3 is 14.1 Å². The number of nitrogens with zero attached hydrogens (tertiary/aromatic N) is 5. The average molecular weight is 393 g/mol. The molecule has 1 saturated heterocycles. The van der Waals surface area contributed by atoms with E-state index in [-0.39, 0.29) is 5.91 Å². The van der Waals surface area contributed by atoms with Gasteiger partial charge in [-0.15, -0.1) is 0 Å². The molecule has 3 aromatic heterocycles. The molecule has 0 bridgehead atoms. The third-order valence-electron chi connectivity index (χ3n) is 5.81. The van der Waals surface area contributed by atoms with E-state index in [9.17, 15) is 4.79 Å². The number of fused-ring (bicyclic) bond motifs is 1. The quantitative estimate of drug-likeness (QED) is 0.680. The molecule has 0 aromatic carbocycles. The third kappa shape index (κ3) is 3.23. The maximum absolute atomic E-state index is 12.7. The van der Waals surface area contributed by atoms with Crippen LogP contribution < -0.4 is 0 Å². The Kier molecular flexibility index (Phi) is 4.63. The number of likely N-dealkylation sites (tertiary alicyclic amines) is 1. The van der Waals surface area contributed by atoms with Crippen molar-refractivity contribution in [3.05, 3.63) is 59.2 Å². The van der Waals surface area contributed by atoms with Crippen LogP contribution in [-0.2, 0) is 17.8 Å². The molecule has 0 saturated carbocycles. The highest BCUT2D eigenvalue weighted by Gasteiger charge is 2.32. The second-order valence-electron chi connectivity index (χ2n) is 7.55. The fourth-order valence-electron chi connectivity index (χ4n) is 4.29. The minimum atomic E-state index is -0.0814. The molecule has 1 fully saturated rings. The molecule has 0 radical (unpaired) electrons. The number of amides is 1. The fourth-order valence-corrected chi connectivity index (χ4v) is 4.29. The van der Waals surface area contributed by atoms with Crippen molar-refractivity contribution >= 4 is 5.91 Å². The molecule has 29 heavy (non-hydrogen) atoms. The molecule has 150 valence electrons. The van der Waals surface area contributed by atoms with Crippen molar-refractivity contribution in [1.82, 2.24) is 24.6 Å². The van der Waals surface area contributed by atoms with Crippen LogP contribution in [0.1, 0.15) is 52.0 Å². The molecule has 0 atom stereocenters. The molecule has 3 aromatic rings. The first kappa shape index (κ1) is 18.1. The normalized spacial score (nSPS) is 17.3. The monoisotopic (exact) mass is 393 g/mol. The molecular weight excluding hydrogens is 370 g/mol. The minimum absolute atomic E-state index is 0.0814. The average Bonchev–Trinajstić information content (AvgIpc) is 3.37. The van der Waals surface area contributed by atoms with E-state index in [1.807, 2.05) is 27.8 Å². The lowest BCUT2D eigenvalue weighted by molar-refractivity contribution is 0.0676. The van der Waals surface area contributed by atoms with E-state index in [0.29, 0.717) is 43.7 Å². The largest absolute Gasteiger partial charge is 0.438 e. The van der Waals surface area contributed by atoms with Crippen LogP contribution in [0, 0.1) is 6.92 Å². The lowest BCUT2D eigenvalue weighted by Gasteiger charge is -2.32. The van der Waals surface area contributed by atoms with Crippen molar-refractivity contribution in [3.8, 4) is 5.82 Å². The second-order valence-corrected chi connectivity index (χ2v) is 7.55. The second kappa shape index (κ2) is 7.44. The van der Waals surface area contributed by atoms with E-state index >= 15 is 0 Å². The first-order valence-electron chi connectivity index (χ1n) is 10.0. The van der Waals surface area contributed by atoms with Gasteiger partial charge in [-0.05, 0) is 31.9 Å². The number of carbonyl (C=O) groups excluding carboxylic acids is 1. The molecule has 2 aliphatic rings. The minimum Gasteiger partial charge on any atom is -0.438 e. The van der Waals surface area contributed by atoms with E-state index in [1.54, 1.807) is 13.1 Å². The van der Waals surface area contributed by atoms with Crippen LogP contribution in [0.25, 0.3) is 5.82 Å². The first-order chi connectivity index (χ1) is 14.2. The SMILES string of the molecule is Cc1ncoc1C(=O)N1CCC(c2c3c(nn2-c2ccccn2)CCOC3)CC1. The molecular formula is C21H23N5O3. The predicted molar refractivity (Wildman–Crippen MR) is 104 cm³/mol. The summed E-state index contributed by atoms with van der Waals surface area (Å²) in [5.74, 6) is 1.39. The Morgan fingerprint density at radius 3 is 2.79 bits per heavy atom. The number of piperidine rings is 1. The van der Waals surface area contributed by atoms with Crippen molar-refractivity contribution in [2.75, 3.05) is 19.7 Å². The first-order valence-corrected chi connectivity index (χ1v) is 10.0. The summed E-state index contributed by atoms with van der Waals surface area (Å²) in [5, 5.41) is 4.87. The van der Waals surface area contributed by atoms with Crippen molar-refractivity contribution < 1.29 is 13.9 Å². The van der Waals surface area contributed by atoms with Gasteiger partial charge in [0, 0.05) is 37.2 Å². The molecule has 0 N–H and O–H groups in total. The number of oxazole rings is 1. The Labute approximate surface area is 168 Å². The van der Waals surface area contributed by atoms with E-state index in [2.05, 4.69) is 9.97 Å². The van der Waals surface area contributed by atoms with Gasteiger partial charge in [-0.1, -0.05) is 6.07 Å².